The summed E-state index contributed by atoms with van der Waals surface area (Å²) in [4.78, 5) is 0. The Morgan fingerprint density at radius 3 is 1.33 bits per heavy atom. The molecular formula is CCoF3O3S+2. The summed E-state index contributed by atoms with van der Waals surface area (Å²) in [5.74, 6) is 0. The van der Waals surface area contributed by atoms with Crippen LogP contribution < -0.4 is 0 Å². The maximum Gasteiger partial charge on any atom is 3.00 e. The predicted molar refractivity (Wildman–Crippen MR) is 15.8 cm³/mol. The second kappa shape index (κ2) is 2.86. The van der Waals surface area contributed by atoms with Gasteiger partial charge in [0.25, 0.3) is 0 Å². The smallest absolute Gasteiger partial charge is 0.741 e. The quantitative estimate of drug-likeness (QED) is 0.417. The second-order valence-corrected chi connectivity index (χ2v) is 2.27. The number of rotatable bonds is 0. The van der Waals surface area contributed by atoms with Gasteiger partial charge in [-0.15, -0.1) is 0 Å². The van der Waals surface area contributed by atoms with E-state index in [9.17, 15) is 13.2 Å². The van der Waals surface area contributed by atoms with Crippen LogP contribution >= 0.6 is 0 Å². The Labute approximate surface area is 59.2 Å². The van der Waals surface area contributed by atoms with Crippen LogP contribution in [0.4, 0.5) is 13.2 Å². The molecule has 0 rings (SSSR count). The molecule has 0 aromatic rings. The zero-order valence-corrected chi connectivity index (χ0v) is 5.46. The van der Waals surface area contributed by atoms with Crippen molar-refractivity contribution in [3.05, 3.63) is 0 Å². The second-order valence-electron chi connectivity index (χ2n) is 0.900. The molecule has 0 fully saturated rings. The van der Waals surface area contributed by atoms with Gasteiger partial charge < -0.3 is 4.55 Å². The zero-order chi connectivity index (χ0) is 7.00. The van der Waals surface area contributed by atoms with E-state index in [2.05, 4.69) is 0 Å². The van der Waals surface area contributed by atoms with E-state index in [0.717, 1.165) is 0 Å². The third kappa shape index (κ3) is 3.73. The fourth-order valence-corrected chi connectivity index (χ4v) is 0. The Hall–Kier alpha value is 0.206. The number of alkyl halides is 3. The Kier molecular flexibility index (Phi) is 3.79. The SMILES string of the molecule is O=S(=O)([O-])C(F)(F)F.[Co+3]. The van der Waals surface area contributed by atoms with Crippen molar-refractivity contribution >= 4 is 10.1 Å². The molecule has 3 nitrogen and oxygen atoms in total. The van der Waals surface area contributed by atoms with Gasteiger partial charge in [-0.05, 0) is 0 Å². The molecule has 0 bridgehead atoms. The zero-order valence-electron chi connectivity index (χ0n) is 3.60. The Balaban J connectivity index is 0. The number of halogens is 3. The first kappa shape index (κ1) is 11.9. The van der Waals surface area contributed by atoms with E-state index in [4.69, 9.17) is 13.0 Å². The molecule has 0 atom stereocenters. The summed E-state index contributed by atoms with van der Waals surface area (Å²) in [5, 5.41) is 0. The van der Waals surface area contributed by atoms with Crippen LogP contribution in [0.3, 0.4) is 0 Å². The fourth-order valence-electron chi connectivity index (χ4n) is 0. The molecule has 0 aliphatic rings. The van der Waals surface area contributed by atoms with E-state index < -0.39 is 15.6 Å². The molecule has 0 aliphatic heterocycles. The van der Waals surface area contributed by atoms with Crippen molar-refractivity contribution < 1.29 is 42.9 Å². The van der Waals surface area contributed by atoms with Gasteiger partial charge in [0.15, 0.2) is 10.1 Å². The third-order valence-electron chi connectivity index (χ3n) is 0.283. The molecule has 0 spiro atoms. The Bertz CT molecular complexity index is 168. The molecule has 0 aromatic carbocycles. The first-order valence-electron chi connectivity index (χ1n) is 1.27. The normalized spacial score (nSPS) is 12.4. The van der Waals surface area contributed by atoms with Crippen molar-refractivity contribution in [1.29, 1.82) is 0 Å². The molecule has 0 aliphatic carbocycles. The summed E-state index contributed by atoms with van der Waals surface area (Å²) < 4.78 is 58.9. The average Bonchev–Trinajstić information content (AvgIpc) is 1.25. The minimum atomic E-state index is -6.09. The summed E-state index contributed by atoms with van der Waals surface area (Å²) in [5.41, 5.74) is -5.65. The number of hydrogen-bond donors (Lipinski definition) is 0. The molecule has 0 saturated heterocycles. The first-order chi connectivity index (χ1) is 3.25. The van der Waals surface area contributed by atoms with Crippen molar-refractivity contribution in [2.75, 3.05) is 0 Å². The first-order valence-corrected chi connectivity index (χ1v) is 2.68. The van der Waals surface area contributed by atoms with Crippen LogP contribution in [0.2, 0.25) is 0 Å². The molecule has 0 N–H and O–H groups in total. The molecule has 9 heavy (non-hydrogen) atoms. The summed E-state index contributed by atoms with van der Waals surface area (Å²) in [6.45, 7) is 0. The van der Waals surface area contributed by atoms with Crippen molar-refractivity contribution in [1.82, 2.24) is 0 Å². The third-order valence-corrected chi connectivity index (χ3v) is 0.850. The topological polar surface area (TPSA) is 57.2 Å². The largest absolute Gasteiger partial charge is 3.00 e. The van der Waals surface area contributed by atoms with E-state index in [1.165, 1.54) is 0 Å². The number of hydrogen-bond acceptors (Lipinski definition) is 3. The Morgan fingerprint density at radius 1 is 1.22 bits per heavy atom. The van der Waals surface area contributed by atoms with Crippen molar-refractivity contribution in [2.24, 2.45) is 0 Å². The molecule has 56 valence electrons. The van der Waals surface area contributed by atoms with Gasteiger partial charge in [0, 0.05) is 0 Å². The monoisotopic (exact) mass is 208 g/mol. The van der Waals surface area contributed by atoms with Crippen LogP contribution in [0.5, 0.6) is 0 Å². The van der Waals surface area contributed by atoms with Gasteiger partial charge in [0.05, 0.1) is 0 Å². The maximum atomic E-state index is 10.7. The van der Waals surface area contributed by atoms with Crippen molar-refractivity contribution in [3.63, 3.8) is 0 Å². The summed E-state index contributed by atoms with van der Waals surface area (Å²) in [6, 6.07) is 0. The predicted octanol–water partition coefficient (Wildman–Crippen LogP) is 0.0489. The van der Waals surface area contributed by atoms with Crippen LogP contribution in [-0.2, 0) is 26.9 Å². The molecule has 0 unspecified atom stereocenters. The molecule has 8 heteroatoms. The van der Waals surface area contributed by atoms with E-state index in [1.807, 2.05) is 0 Å². The van der Waals surface area contributed by atoms with Gasteiger partial charge in [0.1, 0.15) is 0 Å². The molecule has 0 heterocycles. The molecule has 0 aromatic heterocycles. The minimum absolute atomic E-state index is 0. The van der Waals surface area contributed by atoms with E-state index in [1.54, 1.807) is 0 Å². The Morgan fingerprint density at radius 2 is 1.33 bits per heavy atom. The van der Waals surface area contributed by atoms with Crippen molar-refractivity contribution in [2.45, 2.75) is 5.51 Å². The average molecular weight is 208 g/mol. The summed E-state index contributed by atoms with van der Waals surface area (Å²) >= 11 is 0. The molecule has 0 radical (unpaired) electrons. The molecule has 0 saturated carbocycles. The van der Waals surface area contributed by atoms with Crippen LogP contribution in [0, 0.1) is 0 Å². The van der Waals surface area contributed by atoms with Crippen LogP contribution in [0.15, 0.2) is 0 Å². The maximum absolute atomic E-state index is 10.7. The van der Waals surface area contributed by atoms with Crippen LogP contribution in [0.25, 0.3) is 0 Å². The summed E-state index contributed by atoms with van der Waals surface area (Å²) in [6.07, 6.45) is 0. The van der Waals surface area contributed by atoms with Gasteiger partial charge in [-0.2, -0.15) is 13.2 Å². The van der Waals surface area contributed by atoms with Crippen LogP contribution in [0.1, 0.15) is 0 Å². The van der Waals surface area contributed by atoms with Gasteiger partial charge in [0.2, 0.25) is 0 Å². The van der Waals surface area contributed by atoms with E-state index in [0.29, 0.717) is 0 Å². The fraction of sp³-hybridized carbons (Fsp3) is 1.00. The summed E-state index contributed by atoms with van der Waals surface area (Å²) in [7, 11) is -6.09. The molecule has 0 amide bonds. The minimum Gasteiger partial charge on any atom is -0.741 e. The van der Waals surface area contributed by atoms with Crippen LogP contribution in [-0.4, -0.2) is 18.5 Å². The van der Waals surface area contributed by atoms with E-state index in [-0.39, 0.29) is 16.8 Å². The van der Waals surface area contributed by atoms with E-state index >= 15 is 0 Å². The standard InChI is InChI=1S/CHF3O3S.Co/c2-1(3,4)8(5,6)7;/h(H,5,6,7);/q;+3/p-1. The van der Waals surface area contributed by atoms with Gasteiger partial charge >= 0.3 is 22.3 Å². The van der Waals surface area contributed by atoms with Crippen molar-refractivity contribution in [3.8, 4) is 0 Å². The van der Waals surface area contributed by atoms with Gasteiger partial charge in [-0.3, -0.25) is 0 Å². The van der Waals surface area contributed by atoms with Gasteiger partial charge in [-0.1, -0.05) is 0 Å². The van der Waals surface area contributed by atoms with Gasteiger partial charge in [-0.25, -0.2) is 8.42 Å². The molecular weight excluding hydrogens is 208 g/mol.